The molecular weight excluding hydrogens is 350 g/mol. The molecule has 0 atom stereocenters. The van der Waals surface area contributed by atoms with Crippen molar-refractivity contribution in [2.45, 2.75) is 19.8 Å². The van der Waals surface area contributed by atoms with Gasteiger partial charge in [-0.05, 0) is 40.5 Å². The van der Waals surface area contributed by atoms with Crippen molar-refractivity contribution < 1.29 is 9.53 Å². The number of rotatable bonds is 6. The normalized spacial score (nSPS) is 10.1. The number of carbonyl (C=O) groups excluding carboxylic acids is 1. The maximum absolute atomic E-state index is 11.4. The highest BCUT2D eigenvalue weighted by molar-refractivity contribution is 9.11. The van der Waals surface area contributed by atoms with Crippen molar-refractivity contribution in [3.05, 3.63) is 27.1 Å². The van der Waals surface area contributed by atoms with Gasteiger partial charge in [0.15, 0.2) is 6.61 Å². The van der Waals surface area contributed by atoms with Crippen LogP contribution in [0.4, 0.5) is 0 Å². The Bertz CT molecular complexity index is 383. The van der Waals surface area contributed by atoms with E-state index in [1.54, 1.807) is 0 Å². The molecule has 0 aliphatic heterocycles. The maximum Gasteiger partial charge on any atom is 0.257 e. The minimum absolute atomic E-state index is 0.0456. The van der Waals surface area contributed by atoms with E-state index >= 15 is 0 Å². The van der Waals surface area contributed by atoms with E-state index in [9.17, 15) is 4.79 Å². The van der Waals surface area contributed by atoms with Crippen molar-refractivity contribution in [1.29, 1.82) is 0 Å². The molecule has 0 aromatic heterocycles. The standard InChI is InChI=1S/C12H15Br2NO2/c1-2-3-6-15-12(16)8-17-11-5-4-9(13)7-10(11)14/h4-5,7H,2-3,6,8H2,1H3,(H,15,16). The van der Waals surface area contributed by atoms with Gasteiger partial charge in [0.25, 0.3) is 5.91 Å². The summed E-state index contributed by atoms with van der Waals surface area (Å²) in [5, 5.41) is 2.80. The monoisotopic (exact) mass is 363 g/mol. The summed E-state index contributed by atoms with van der Waals surface area (Å²) in [6, 6.07) is 5.56. The molecule has 0 spiro atoms. The molecule has 3 nitrogen and oxygen atoms in total. The highest BCUT2D eigenvalue weighted by Crippen LogP contribution is 2.27. The summed E-state index contributed by atoms with van der Waals surface area (Å²) in [5.74, 6) is 0.576. The highest BCUT2D eigenvalue weighted by atomic mass is 79.9. The summed E-state index contributed by atoms with van der Waals surface area (Å²) < 4.78 is 7.19. The zero-order valence-corrected chi connectivity index (χ0v) is 12.8. The van der Waals surface area contributed by atoms with Gasteiger partial charge < -0.3 is 10.1 Å². The predicted molar refractivity (Wildman–Crippen MR) is 75.3 cm³/mol. The number of amides is 1. The van der Waals surface area contributed by atoms with Gasteiger partial charge in [-0.1, -0.05) is 29.3 Å². The average molecular weight is 365 g/mol. The van der Waals surface area contributed by atoms with Crippen molar-refractivity contribution >= 4 is 37.8 Å². The van der Waals surface area contributed by atoms with Crippen LogP contribution in [0.1, 0.15) is 19.8 Å². The van der Waals surface area contributed by atoms with Crippen LogP contribution >= 0.6 is 31.9 Å². The zero-order valence-electron chi connectivity index (χ0n) is 9.63. The molecule has 1 aromatic rings. The Kier molecular flexibility index (Phi) is 6.58. The van der Waals surface area contributed by atoms with E-state index < -0.39 is 0 Å². The lowest BCUT2D eigenvalue weighted by Gasteiger charge is -2.08. The Balaban J connectivity index is 2.37. The van der Waals surface area contributed by atoms with Crippen LogP contribution in [-0.2, 0) is 4.79 Å². The number of nitrogens with one attached hydrogen (secondary N) is 1. The van der Waals surface area contributed by atoms with E-state index in [4.69, 9.17) is 4.74 Å². The summed E-state index contributed by atoms with van der Waals surface area (Å²) in [6.45, 7) is 2.84. The van der Waals surface area contributed by atoms with Gasteiger partial charge in [0, 0.05) is 11.0 Å². The quantitative estimate of drug-likeness (QED) is 0.784. The number of benzene rings is 1. The first kappa shape index (κ1) is 14.5. The number of halogens is 2. The van der Waals surface area contributed by atoms with Gasteiger partial charge in [0.05, 0.1) is 4.47 Å². The fraction of sp³-hybridized carbons (Fsp3) is 0.417. The SMILES string of the molecule is CCCCNC(=O)COc1ccc(Br)cc1Br. The van der Waals surface area contributed by atoms with Gasteiger partial charge in [0.1, 0.15) is 5.75 Å². The van der Waals surface area contributed by atoms with E-state index in [1.165, 1.54) is 0 Å². The van der Waals surface area contributed by atoms with Crippen molar-refractivity contribution in [1.82, 2.24) is 5.32 Å². The van der Waals surface area contributed by atoms with Crippen LogP contribution in [0.15, 0.2) is 27.1 Å². The molecular formula is C12H15Br2NO2. The molecule has 5 heteroatoms. The molecule has 1 rings (SSSR count). The Hall–Kier alpha value is -0.550. The number of hydrogen-bond donors (Lipinski definition) is 1. The Morgan fingerprint density at radius 3 is 2.82 bits per heavy atom. The Labute approximate surface area is 118 Å². The summed E-state index contributed by atoms with van der Waals surface area (Å²) in [7, 11) is 0. The van der Waals surface area contributed by atoms with Crippen molar-refractivity contribution in [3.63, 3.8) is 0 Å². The molecule has 94 valence electrons. The van der Waals surface area contributed by atoms with E-state index in [-0.39, 0.29) is 12.5 Å². The van der Waals surface area contributed by atoms with Gasteiger partial charge in [-0.2, -0.15) is 0 Å². The van der Waals surface area contributed by atoms with Gasteiger partial charge >= 0.3 is 0 Å². The van der Waals surface area contributed by atoms with Crippen LogP contribution in [0.5, 0.6) is 5.75 Å². The largest absolute Gasteiger partial charge is 0.483 e. The maximum atomic E-state index is 11.4. The molecule has 0 radical (unpaired) electrons. The molecule has 1 aromatic carbocycles. The first-order valence-electron chi connectivity index (χ1n) is 5.48. The number of unbranched alkanes of at least 4 members (excludes halogenated alkanes) is 1. The van der Waals surface area contributed by atoms with Crippen molar-refractivity contribution in [3.8, 4) is 5.75 Å². The van der Waals surface area contributed by atoms with Crippen molar-refractivity contribution in [2.75, 3.05) is 13.2 Å². The van der Waals surface area contributed by atoms with E-state index in [1.807, 2.05) is 18.2 Å². The zero-order chi connectivity index (χ0) is 12.7. The molecule has 0 bridgehead atoms. The lowest BCUT2D eigenvalue weighted by atomic mass is 10.3. The van der Waals surface area contributed by atoms with Gasteiger partial charge in [-0.3, -0.25) is 4.79 Å². The third-order valence-electron chi connectivity index (χ3n) is 2.11. The number of hydrogen-bond acceptors (Lipinski definition) is 2. The molecule has 0 aliphatic carbocycles. The number of ether oxygens (including phenoxy) is 1. The lowest BCUT2D eigenvalue weighted by Crippen LogP contribution is -2.29. The van der Waals surface area contributed by atoms with Gasteiger partial charge in [-0.25, -0.2) is 0 Å². The first-order chi connectivity index (χ1) is 8.13. The molecule has 0 saturated heterocycles. The highest BCUT2D eigenvalue weighted by Gasteiger charge is 2.05. The van der Waals surface area contributed by atoms with Gasteiger partial charge in [0.2, 0.25) is 0 Å². The topological polar surface area (TPSA) is 38.3 Å². The van der Waals surface area contributed by atoms with Crippen LogP contribution in [0.25, 0.3) is 0 Å². The predicted octanol–water partition coefficient (Wildman–Crippen LogP) is 3.51. The van der Waals surface area contributed by atoms with Gasteiger partial charge in [-0.15, -0.1) is 0 Å². The van der Waals surface area contributed by atoms with E-state index in [0.717, 1.165) is 21.8 Å². The molecule has 17 heavy (non-hydrogen) atoms. The molecule has 0 aliphatic rings. The molecule has 0 heterocycles. The number of carbonyl (C=O) groups is 1. The minimum atomic E-state index is -0.0896. The van der Waals surface area contributed by atoms with Crippen LogP contribution in [0.3, 0.4) is 0 Å². The molecule has 0 fully saturated rings. The Morgan fingerprint density at radius 2 is 2.18 bits per heavy atom. The van der Waals surface area contributed by atoms with E-state index in [0.29, 0.717) is 12.3 Å². The van der Waals surface area contributed by atoms with Crippen LogP contribution in [0, 0.1) is 0 Å². The first-order valence-corrected chi connectivity index (χ1v) is 7.06. The third-order valence-corrected chi connectivity index (χ3v) is 3.22. The minimum Gasteiger partial charge on any atom is -0.483 e. The summed E-state index contributed by atoms with van der Waals surface area (Å²) in [4.78, 5) is 11.4. The second-order valence-electron chi connectivity index (χ2n) is 3.57. The van der Waals surface area contributed by atoms with Crippen LogP contribution in [0.2, 0.25) is 0 Å². The second kappa shape index (κ2) is 7.71. The lowest BCUT2D eigenvalue weighted by molar-refractivity contribution is -0.123. The molecule has 0 unspecified atom stereocenters. The fourth-order valence-electron chi connectivity index (χ4n) is 1.19. The smallest absolute Gasteiger partial charge is 0.257 e. The molecule has 0 saturated carbocycles. The average Bonchev–Trinajstić information content (AvgIpc) is 2.28. The second-order valence-corrected chi connectivity index (χ2v) is 5.34. The molecule has 1 amide bonds. The van der Waals surface area contributed by atoms with Crippen LogP contribution in [-0.4, -0.2) is 19.1 Å². The van der Waals surface area contributed by atoms with Crippen molar-refractivity contribution in [2.24, 2.45) is 0 Å². The van der Waals surface area contributed by atoms with Crippen LogP contribution < -0.4 is 10.1 Å². The summed E-state index contributed by atoms with van der Waals surface area (Å²) in [6.07, 6.45) is 2.06. The van der Waals surface area contributed by atoms with E-state index in [2.05, 4.69) is 44.1 Å². The third kappa shape index (κ3) is 5.55. The Morgan fingerprint density at radius 1 is 1.41 bits per heavy atom. The molecule has 1 N–H and O–H groups in total. The summed E-state index contributed by atoms with van der Waals surface area (Å²) in [5.41, 5.74) is 0. The fourth-order valence-corrected chi connectivity index (χ4v) is 2.35. The summed E-state index contributed by atoms with van der Waals surface area (Å²) >= 11 is 6.73.